The van der Waals surface area contributed by atoms with Crippen molar-refractivity contribution < 1.29 is 0 Å². The van der Waals surface area contributed by atoms with Gasteiger partial charge in [0, 0.05) is 19.4 Å². The normalized spacial score (nSPS) is 26.4. The van der Waals surface area contributed by atoms with Crippen LogP contribution in [0.25, 0.3) is 0 Å². The Morgan fingerprint density at radius 1 is 1.43 bits per heavy atom. The molecule has 1 unspecified atom stereocenters. The van der Waals surface area contributed by atoms with Gasteiger partial charge in [0.25, 0.3) is 0 Å². The van der Waals surface area contributed by atoms with E-state index < -0.39 is 0 Å². The number of likely N-dealkylation sites (N-methyl/N-ethyl adjacent to an activating group) is 1. The van der Waals surface area contributed by atoms with E-state index in [0.717, 1.165) is 0 Å². The molecule has 0 amide bonds. The first-order chi connectivity index (χ1) is 6.64. The summed E-state index contributed by atoms with van der Waals surface area (Å²) in [6.07, 6.45) is 3.59. The molecule has 0 fully saturated rings. The van der Waals surface area contributed by atoms with E-state index in [1.54, 1.807) is 12.4 Å². The van der Waals surface area contributed by atoms with Crippen molar-refractivity contribution in [3.8, 4) is 0 Å². The van der Waals surface area contributed by atoms with Crippen LogP contribution in [0.4, 0.5) is 0 Å². The highest BCUT2D eigenvalue weighted by Crippen LogP contribution is 2.30. The molecular formula is C10H14N4. The van der Waals surface area contributed by atoms with Crippen molar-refractivity contribution in [2.45, 2.75) is 12.5 Å². The summed E-state index contributed by atoms with van der Waals surface area (Å²) >= 11 is 0. The van der Waals surface area contributed by atoms with Gasteiger partial charge < -0.3 is 10.6 Å². The van der Waals surface area contributed by atoms with E-state index in [0.29, 0.717) is 12.5 Å². The lowest BCUT2D eigenvalue weighted by molar-refractivity contribution is 0.267. The van der Waals surface area contributed by atoms with Gasteiger partial charge in [-0.15, -0.1) is 0 Å². The van der Waals surface area contributed by atoms with E-state index in [2.05, 4.69) is 16.9 Å². The lowest BCUT2D eigenvalue weighted by atomic mass is 9.92. The molecule has 4 nitrogen and oxygen atoms in total. The fourth-order valence-electron chi connectivity index (χ4n) is 1.70. The van der Waals surface area contributed by atoms with E-state index in [1.165, 1.54) is 5.56 Å². The predicted molar refractivity (Wildman–Crippen MR) is 55.8 cm³/mol. The van der Waals surface area contributed by atoms with E-state index in [1.807, 2.05) is 24.1 Å². The maximum atomic E-state index is 5.75. The number of aliphatic imine (C=N–C) groups is 1. The molecule has 2 heterocycles. The second kappa shape index (κ2) is 2.97. The Morgan fingerprint density at radius 2 is 2.07 bits per heavy atom. The molecular weight excluding hydrogens is 176 g/mol. The lowest BCUT2D eigenvalue weighted by Gasteiger charge is -2.33. The van der Waals surface area contributed by atoms with Crippen molar-refractivity contribution in [2.75, 3.05) is 13.6 Å². The van der Waals surface area contributed by atoms with E-state index >= 15 is 0 Å². The van der Waals surface area contributed by atoms with Gasteiger partial charge in [-0.2, -0.15) is 0 Å². The number of aromatic nitrogens is 1. The largest absolute Gasteiger partial charge is 0.370 e. The topological polar surface area (TPSA) is 54.5 Å². The van der Waals surface area contributed by atoms with Crippen LogP contribution in [0.1, 0.15) is 12.5 Å². The van der Waals surface area contributed by atoms with Crippen LogP contribution >= 0.6 is 0 Å². The minimum atomic E-state index is -0.118. The first kappa shape index (κ1) is 8.99. The summed E-state index contributed by atoms with van der Waals surface area (Å²) < 4.78 is 0. The quantitative estimate of drug-likeness (QED) is 0.704. The van der Waals surface area contributed by atoms with Crippen molar-refractivity contribution in [3.05, 3.63) is 30.1 Å². The number of pyridine rings is 1. The fraction of sp³-hybridized carbons (Fsp3) is 0.400. The van der Waals surface area contributed by atoms with Crippen LogP contribution in [0.5, 0.6) is 0 Å². The van der Waals surface area contributed by atoms with Gasteiger partial charge in [0.05, 0.1) is 12.1 Å². The molecule has 0 aliphatic carbocycles. The highest BCUT2D eigenvalue weighted by atomic mass is 15.3. The van der Waals surface area contributed by atoms with Crippen LogP contribution in [-0.4, -0.2) is 29.4 Å². The number of nitrogens with zero attached hydrogens (tertiary/aromatic N) is 3. The van der Waals surface area contributed by atoms with Gasteiger partial charge in [-0.3, -0.25) is 9.98 Å². The van der Waals surface area contributed by atoms with E-state index in [-0.39, 0.29) is 5.54 Å². The van der Waals surface area contributed by atoms with E-state index in [4.69, 9.17) is 5.73 Å². The average Bonchev–Trinajstić information content (AvgIpc) is 2.49. The maximum absolute atomic E-state index is 5.75. The molecule has 0 spiro atoms. The monoisotopic (exact) mass is 190 g/mol. The van der Waals surface area contributed by atoms with Crippen LogP contribution in [0, 0.1) is 0 Å². The first-order valence-corrected chi connectivity index (χ1v) is 4.59. The molecule has 4 heteroatoms. The van der Waals surface area contributed by atoms with Crippen LogP contribution in [-0.2, 0) is 5.54 Å². The lowest BCUT2D eigenvalue weighted by Crippen LogP contribution is -2.44. The standard InChI is InChI=1S/C10H14N4/c1-10(7-13-9(11)14(10)2)8-3-5-12-6-4-8/h3-6H,7H2,1-2H3,(H2,11,13). The fourth-order valence-corrected chi connectivity index (χ4v) is 1.70. The van der Waals surface area contributed by atoms with Crippen molar-refractivity contribution in [1.29, 1.82) is 0 Å². The molecule has 0 radical (unpaired) electrons. The molecule has 1 aromatic heterocycles. The van der Waals surface area contributed by atoms with E-state index in [9.17, 15) is 0 Å². The van der Waals surface area contributed by atoms with Gasteiger partial charge in [-0.05, 0) is 24.6 Å². The molecule has 0 aromatic carbocycles. The first-order valence-electron chi connectivity index (χ1n) is 4.59. The molecule has 1 atom stereocenters. The molecule has 1 aliphatic rings. The van der Waals surface area contributed by atoms with Gasteiger partial charge in [-0.25, -0.2) is 0 Å². The van der Waals surface area contributed by atoms with Gasteiger partial charge in [0.1, 0.15) is 0 Å². The molecule has 0 saturated carbocycles. The summed E-state index contributed by atoms with van der Waals surface area (Å²) in [6.45, 7) is 2.84. The summed E-state index contributed by atoms with van der Waals surface area (Å²) in [5.74, 6) is 0.601. The Hall–Kier alpha value is -1.58. The Balaban J connectivity index is 2.36. The highest BCUT2D eigenvalue weighted by Gasteiger charge is 2.36. The second-order valence-electron chi connectivity index (χ2n) is 3.74. The summed E-state index contributed by atoms with van der Waals surface area (Å²) in [4.78, 5) is 10.3. The average molecular weight is 190 g/mol. The summed E-state index contributed by atoms with van der Waals surface area (Å²) in [5, 5.41) is 0. The van der Waals surface area contributed by atoms with Crippen LogP contribution in [0.2, 0.25) is 0 Å². The predicted octanol–water partition coefficient (Wildman–Crippen LogP) is 0.557. The SMILES string of the molecule is CN1C(N)=NCC1(C)c1ccncc1. The van der Waals surface area contributed by atoms with Crippen molar-refractivity contribution in [1.82, 2.24) is 9.88 Å². The zero-order valence-corrected chi connectivity index (χ0v) is 8.44. The van der Waals surface area contributed by atoms with Gasteiger partial charge in [-0.1, -0.05) is 0 Å². The molecule has 1 aliphatic heterocycles. The third-order valence-electron chi connectivity index (χ3n) is 2.94. The Bertz CT molecular complexity index is 360. The highest BCUT2D eigenvalue weighted by molar-refractivity contribution is 5.80. The van der Waals surface area contributed by atoms with Crippen LogP contribution in [0.3, 0.4) is 0 Å². The zero-order chi connectivity index (χ0) is 10.2. The second-order valence-corrected chi connectivity index (χ2v) is 3.74. The zero-order valence-electron chi connectivity index (χ0n) is 8.44. The number of hydrogen-bond donors (Lipinski definition) is 1. The molecule has 0 bridgehead atoms. The minimum Gasteiger partial charge on any atom is -0.370 e. The summed E-state index contributed by atoms with van der Waals surface area (Å²) in [6, 6.07) is 4.01. The molecule has 2 N–H and O–H groups in total. The molecule has 14 heavy (non-hydrogen) atoms. The van der Waals surface area contributed by atoms with Gasteiger partial charge in [0.2, 0.25) is 0 Å². The van der Waals surface area contributed by atoms with Gasteiger partial charge >= 0.3 is 0 Å². The van der Waals surface area contributed by atoms with Crippen molar-refractivity contribution >= 4 is 5.96 Å². The molecule has 0 saturated heterocycles. The molecule has 1 aromatic rings. The number of guanidine groups is 1. The summed E-state index contributed by atoms with van der Waals surface area (Å²) in [5.41, 5.74) is 6.83. The van der Waals surface area contributed by atoms with Crippen molar-refractivity contribution in [2.24, 2.45) is 10.7 Å². The minimum absolute atomic E-state index is 0.118. The van der Waals surface area contributed by atoms with Crippen LogP contribution in [0.15, 0.2) is 29.5 Å². The van der Waals surface area contributed by atoms with Crippen LogP contribution < -0.4 is 5.73 Å². The Kier molecular flexibility index (Phi) is 1.91. The number of hydrogen-bond acceptors (Lipinski definition) is 4. The summed E-state index contributed by atoms with van der Waals surface area (Å²) in [7, 11) is 1.96. The van der Waals surface area contributed by atoms with Crippen molar-refractivity contribution in [3.63, 3.8) is 0 Å². The Labute approximate surface area is 83.5 Å². The third-order valence-corrected chi connectivity index (χ3v) is 2.94. The number of nitrogens with two attached hydrogens (primary N) is 1. The molecule has 74 valence electrons. The number of rotatable bonds is 1. The third kappa shape index (κ3) is 1.14. The molecule has 2 rings (SSSR count). The maximum Gasteiger partial charge on any atom is 0.191 e. The Morgan fingerprint density at radius 3 is 2.57 bits per heavy atom. The van der Waals surface area contributed by atoms with Gasteiger partial charge in [0.15, 0.2) is 5.96 Å². The smallest absolute Gasteiger partial charge is 0.191 e.